The van der Waals surface area contributed by atoms with Crippen molar-refractivity contribution in [2.45, 2.75) is 18.9 Å². The predicted octanol–water partition coefficient (Wildman–Crippen LogP) is 1.30. The van der Waals surface area contributed by atoms with E-state index in [2.05, 4.69) is 0 Å². The van der Waals surface area contributed by atoms with Crippen LogP contribution in [-0.4, -0.2) is 49.5 Å². The molecule has 114 valence electrons. The van der Waals surface area contributed by atoms with Crippen LogP contribution in [0.4, 0.5) is 5.69 Å². The van der Waals surface area contributed by atoms with Gasteiger partial charge in [-0.2, -0.15) is 0 Å². The van der Waals surface area contributed by atoms with Crippen molar-refractivity contribution in [3.8, 4) is 0 Å². The molecule has 0 saturated carbocycles. The Balaban J connectivity index is 2.06. The number of nitrogens with zero attached hydrogens (tertiary/aromatic N) is 1. The van der Waals surface area contributed by atoms with E-state index in [1.165, 1.54) is 0 Å². The average molecular weight is 293 g/mol. The SMILES string of the molecule is O=C(O)CCCN(C(=O)C1COCCO1)c1ccccc1. The van der Waals surface area contributed by atoms with Crippen molar-refractivity contribution in [1.29, 1.82) is 0 Å². The molecule has 1 aliphatic rings. The summed E-state index contributed by atoms with van der Waals surface area (Å²) in [5.41, 5.74) is 0.738. The molecular formula is C15H19NO5. The molecule has 6 nitrogen and oxygen atoms in total. The third-order valence-electron chi connectivity index (χ3n) is 3.20. The zero-order valence-electron chi connectivity index (χ0n) is 11.7. The Morgan fingerprint density at radius 3 is 2.62 bits per heavy atom. The van der Waals surface area contributed by atoms with E-state index in [9.17, 15) is 9.59 Å². The highest BCUT2D eigenvalue weighted by Crippen LogP contribution is 2.17. The standard InChI is InChI=1S/C15H19NO5/c17-14(18)7-4-8-16(12-5-2-1-3-6-12)15(19)13-11-20-9-10-21-13/h1-3,5-6,13H,4,7-11H2,(H,17,18). The molecular weight excluding hydrogens is 274 g/mol. The maximum atomic E-state index is 12.5. The summed E-state index contributed by atoms with van der Waals surface area (Å²) in [6, 6.07) is 9.18. The van der Waals surface area contributed by atoms with Gasteiger partial charge in [0.15, 0.2) is 6.10 Å². The van der Waals surface area contributed by atoms with Crippen molar-refractivity contribution >= 4 is 17.6 Å². The first kappa shape index (κ1) is 15.5. The van der Waals surface area contributed by atoms with Crippen molar-refractivity contribution in [2.24, 2.45) is 0 Å². The fourth-order valence-electron chi connectivity index (χ4n) is 2.17. The molecule has 1 aliphatic heterocycles. The molecule has 1 fully saturated rings. The van der Waals surface area contributed by atoms with Gasteiger partial charge in [-0.05, 0) is 18.6 Å². The fourth-order valence-corrected chi connectivity index (χ4v) is 2.17. The summed E-state index contributed by atoms with van der Waals surface area (Å²) in [6.07, 6.45) is -0.203. The van der Waals surface area contributed by atoms with Crippen LogP contribution in [-0.2, 0) is 19.1 Å². The molecule has 0 bridgehead atoms. The van der Waals surface area contributed by atoms with E-state index in [0.717, 1.165) is 5.69 Å². The van der Waals surface area contributed by atoms with Gasteiger partial charge in [-0.15, -0.1) is 0 Å². The van der Waals surface area contributed by atoms with Crippen LogP contribution in [0, 0.1) is 0 Å². The molecule has 21 heavy (non-hydrogen) atoms. The van der Waals surface area contributed by atoms with Gasteiger partial charge in [-0.25, -0.2) is 0 Å². The van der Waals surface area contributed by atoms with Gasteiger partial charge in [-0.3, -0.25) is 9.59 Å². The van der Waals surface area contributed by atoms with Crippen LogP contribution < -0.4 is 4.90 Å². The smallest absolute Gasteiger partial charge is 0.303 e. The topological polar surface area (TPSA) is 76.1 Å². The second kappa shape index (κ2) is 7.75. The molecule has 1 amide bonds. The second-order valence-corrected chi connectivity index (χ2v) is 4.76. The van der Waals surface area contributed by atoms with Crippen LogP contribution in [0.3, 0.4) is 0 Å². The third kappa shape index (κ3) is 4.54. The number of amides is 1. The molecule has 1 N–H and O–H groups in total. The first-order valence-corrected chi connectivity index (χ1v) is 6.96. The van der Waals surface area contributed by atoms with E-state index < -0.39 is 12.1 Å². The number of aliphatic carboxylic acids is 1. The summed E-state index contributed by atoms with van der Waals surface area (Å²) in [7, 11) is 0. The molecule has 1 atom stereocenters. The van der Waals surface area contributed by atoms with Crippen LogP contribution in [0.5, 0.6) is 0 Å². The van der Waals surface area contributed by atoms with Crippen LogP contribution in [0.25, 0.3) is 0 Å². The van der Waals surface area contributed by atoms with Gasteiger partial charge in [0.05, 0.1) is 19.8 Å². The second-order valence-electron chi connectivity index (χ2n) is 4.76. The highest BCUT2D eigenvalue weighted by molar-refractivity contribution is 5.96. The van der Waals surface area contributed by atoms with Crippen molar-refractivity contribution in [2.75, 3.05) is 31.3 Å². The van der Waals surface area contributed by atoms with Gasteiger partial charge in [0, 0.05) is 18.7 Å². The summed E-state index contributed by atoms with van der Waals surface area (Å²) < 4.78 is 10.7. The Labute approximate surface area is 123 Å². The number of para-hydroxylation sites is 1. The Hall–Kier alpha value is -1.92. The lowest BCUT2D eigenvalue weighted by Gasteiger charge is -2.29. The number of anilines is 1. The zero-order valence-corrected chi connectivity index (χ0v) is 11.7. The van der Waals surface area contributed by atoms with Gasteiger partial charge >= 0.3 is 5.97 Å². The summed E-state index contributed by atoms with van der Waals surface area (Å²) in [5.74, 6) is -1.06. The molecule has 0 aliphatic carbocycles. The molecule has 0 radical (unpaired) electrons. The van der Waals surface area contributed by atoms with Gasteiger partial charge < -0.3 is 19.5 Å². The van der Waals surface area contributed by atoms with Gasteiger partial charge in [0.1, 0.15) is 0 Å². The zero-order chi connectivity index (χ0) is 15.1. The van der Waals surface area contributed by atoms with E-state index in [0.29, 0.717) is 26.2 Å². The number of hydrogen-bond donors (Lipinski definition) is 1. The van der Waals surface area contributed by atoms with Crippen LogP contribution in [0.1, 0.15) is 12.8 Å². The fraction of sp³-hybridized carbons (Fsp3) is 0.467. The normalized spacial score (nSPS) is 18.2. The van der Waals surface area contributed by atoms with Crippen molar-refractivity contribution < 1.29 is 24.2 Å². The third-order valence-corrected chi connectivity index (χ3v) is 3.20. The average Bonchev–Trinajstić information content (AvgIpc) is 2.52. The Bertz CT molecular complexity index is 470. The highest BCUT2D eigenvalue weighted by Gasteiger charge is 2.28. The minimum Gasteiger partial charge on any atom is -0.481 e. The molecule has 1 heterocycles. The van der Waals surface area contributed by atoms with Crippen molar-refractivity contribution in [3.63, 3.8) is 0 Å². The van der Waals surface area contributed by atoms with Crippen molar-refractivity contribution in [3.05, 3.63) is 30.3 Å². The van der Waals surface area contributed by atoms with Crippen molar-refractivity contribution in [1.82, 2.24) is 0 Å². The number of ether oxygens (including phenoxy) is 2. The van der Waals surface area contributed by atoms with Crippen LogP contribution >= 0.6 is 0 Å². The first-order valence-electron chi connectivity index (χ1n) is 6.96. The monoisotopic (exact) mass is 293 g/mol. The van der Waals surface area contributed by atoms with E-state index >= 15 is 0 Å². The van der Waals surface area contributed by atoms with E-state index in [1.807, 2.05) is 30.3 Å². The quantitative estimate of drug-likeness (QED) is 0.855. The maximum absolute atomic E-state index is 12.5. The number of carboxylic acid groups (broad SMARTS) is 1. The molecule has 1 aromatic carbocycles. The van der Waals surface area contributed by atoms with Crippen LogP contribution in [0.2, 0.25) is 0 Å². The van der Waals surface area contributed by atoms with Gasteiger partial charge in [-0.1, -0.05) is 18.2 Å². The number of benzene rings is 1. The maximum Gasteiger partial charge on any atom is 0.303 e. The van der Waals surface area contributed by atoms with Gasteiger partial charge in [0.2, 0.25) is 0 Å². The molecule has 0 aromatic heterocycles. The first-order chi connectivity index (χ1) is 10.2. The highest BCUT2D eigenvalue weighted by atomic mass is 16.6. The lowest BCUT2D eigenvalue weighted by atomic mass is 10.2. The summed E-state index contributed by atoms with van der Waals surface area (Å²) in [6.45, 7) is 1.47. The number of carbonyl (C=O) groups excluding carboxylic acids is 1. The largest absolute Gasteiger partial charge is 0.481 e. The van der Waals surface area contributed by atoms with E-state index in [4.69, 9.17) is 14.6 Å². The van der Waals surface area contributed by atoms with Gasteiger partial charge in [0.25, 0.3) is 5.91 Å². The lowest BCUT2D eigenvalue weighted by Crippen LogP contribution is -2.46. The summed E-state index contributed by atoms with van der Waals surface area (Å²) in [5, 5.41) is 8.74. The summed E-state index contributed by atoms with van der Waals surface area (Å²) >= 11 is 0. The Kier molecular flexibility index (Phi) is 5.71. The summed E-state index contributed by atoms with van der Waals surface area (Å²) in [4.78, 5) is 24.8. The molecule has 1 saturated heterocycles. The lowest BCUT2D eigenvalue weighted by molar-refractivity contribution is -0.145. The number of rotatable bonds is 6. The number of hydrogen-bond acceptors (Lipinski definition) is 4. The minimum absolute atomic E-state index is 0.0264. The minimum atomic E-state index is -0.868. The number of carboxylic acids is 1. The molecule has 2 rings (SSSR count). The molecule has 6 heteroatoms. The Morgan fingerprint density at radius 1 is 1.24 bits per heavy atom. The van der Waals surface area contributed by atoms with E-state index in [1.54, 1.807) is 4.90 Å². The van der Waals surface area contributed by atoms with E-state index in [-0.39, 0.29) is 18.9 Å². The Morgan fingerprint density at radius 2 is 2.00 bits per heavy atom. The predicted molar refractivity (Wildman–Crippen MR) is 76.2 cm³/mol. The number of carbonyl (C=O) groups is 2. The molecule has 1 aromatic rings. The van der Waals surface area contributed by atoms with Crippen LogP contribution in [0.15, 0.2) is 30.3 Å². The molecule has 1 unspecified atom stereocenters. The molecule has 0 spiro atoms.